The Labute approximate surface area is 322 Å². The summed E-state index contributed by atoms with van der Waals surface area (Å²) in [6.07, 6.45) is 0. The van der Waals surface area contributed by atoms with Gasteiger partial charge in [0.2, 0.25) is 0 Å². The molecule has 11 aromatic rings. The Balaban J connectivity index is 1.05. The predicted octanol–water partition coefficient (Wildman–Crippen LogP) is 13.2. The van der Waals surface area contributed by atoms with Crippen molar-refractivity contribution in [2.75, 3.05) is 0 Å². The third-order valence-electron chi connectivity index (χ3n) is 10.7. The second kappa shape index (κ2) is 13.0. The maximum atomic E-state index is 6.33. The molecule has 0 aliphatic carbocycles. The van der Waals surface area contributed by atoms with Crippen molar-refractivity contribution in [3.05, 3.63) is 194 Å². The van der Waals surface area contributed by atoms with Crippen LogP contribution in [-0.2, 0) is 0 Å². The average molecular weight is 717 g/mol. The molecule has 0 amide bonds. The third-order valence-corrected chi connectivity index (χ3v) is 10.7. The first kappa shape index (κ1) is 31.9. The Bertz CT molecular complexity index is 3220. The van der Waals surface area contributed by atoms with Gasteiger partial charge in [-0.2, -0.15) is 0 Å². The van der Waals surface area contributed by atoms with E-state index in [1.807, 2.05) is 54.6 Å². The van der Waals surface area contributed by atoms with Crippen LogP contribution in [0.3, 0.4) is 0 Å². The standard InChI is InChI=1S/C51H32N4O/c1-3-12-33(13-4-1)34-22-24-35(25-23-34)36-26-28-38(29-27-36)50-52-49(37-14-5-2-6-15-37)53-51(54-50)39-30-31-41-40-16-7-9-18-43(40)55(45(41)32-39)44-19-11-21-47-48(44)42-17-8-10-20-46(42)56-47/h1-32H. The van der Waals surface area contributed by atoms with Crippen molar-refractivity contribution in [1.29, 1.82) is 0 Å². The van der Waals surface area contributed by atoms with Crippen molar-refractivity contribution in [3.63, 3.8) is 0 Å². The zero-order chi connectivity index (χ0) is 37.0. The molecule has 0 aliphatic heterocycles. The molecule has 3 heterocycles. The number of fused-ring (bicyclic) bond motifs is 6. The molecule has 262 valence electrons. The lowest BCUT2D eigenvalue weighted by atomic mass is 9.99. The summed E-state index contributed by atoms with van der Waals surface area (Å²) in [5.74, 6) is 1.86. The Morgan fingerprint density at radius 2 is 0.786 bits per heavy atom. The summed E-state index contributed by atoms with van der Waals surface area (Å²) in [7, 11) is 0. The van der Waals surface area contributed by atoms with Gasteiger partial charge in [-0.25, -0.2) is 15.0 Å². The highest BCUT2D eigenvalue weighted by atomic mass is 16.3. The van der Waals surface area contributed by atoms with Gasteiger partial charge in [0.1, 0.15) is 11.2 Å². The summed E-state index contributed by atoms with van der Waals surface area (Å²) >= 11 is 0. The minimum absolute atomic E-state index is 0.611. The van der Waals surface area contributed by atoms with Gasteiger partial charge in [-0.05, 0) is 52.6 Å². The zero-order valence-corrected chi connectivity index (χ0v) is 30.2. The van der Waals surface area contributed by atoms with E-state index in [-0.39, 0.29) is 0 Å². The Morgan fingerprint density at radius 3 is 1.46 bits per heavy atom. The molecule has 0 aliphatic rings. The number of benzene rings is 8. The van der Waals surface area contributed by atoms with E-state index in [1.165, 1.54) is 16.5 Å². The van der Waals surface area contributed by atoms with E-state index in [1.54, 1.807) is 0 Å². The number of nitrogens with zero attached hydrogens (tertiary/aromatic N) is 4. The minimum atomic E-state index is 0.611. The van der Waals surface area contributed by atoms with Gasteiger partial charge < -0.3 is 8.98 Å². The summed E-state index contributed by atoms with van der Waals surface area (Å²) in [6, 6.07) is 67.4. The Kier molecular flexibility index (Phi) is 7.42. The highest BCUT2D eigenvalue weighted by molar-refractivity contribution is 6.14. The Hall–Kier alpha value is -7.63. The summed E-state index contributed by atoms with van der Waals surface area (Å²) in [6.45, 7) is 0. The lowest BCUT2D eigenvalue weighted by Gasteiger charge is -2.11. The van der Waals surface area contributed by atoms with Gasteiger partial charge in [-0.15, -0.1) is 0 Å². The van der Waals surface area contributed by atoms with Crippen LogP contribution in [-0.4, -0.2) is 19.5 Å². The van der Waals surface area contributed by atoms with E-state index >= 15 is 0 Å². The van der Waals surface area contributed by atoms with Gasteiger partial charge >= 0.3 is 0 Å². The molecule has 5 nitrogen and oxygen atoms in total. The second-order valence-electron chi connectivity index (χ2n) is 14.0. The van der Waals surface area contributed by atoms with Crippen LogP contribution in [0, 0.1) is 0 Å². The van der Waals surface area contributed by atoms with E-state index in [0.717, 1.165) is 71.9 Å². The molecule has 0 N–H and O–H groups in total. The van der Waals surface area contributed by atoms with Crippen LogP contribution in [0.1, 0.15) is 0 Å². The molecule has 3 aromatic heterocycles. The highest BCUT2D eigenvalue weighted by Gasteiger charge is 2.19. The molecule has 0 saturated carbocycles. The SMILES string of the molecule is c1ccc(-c2ccc(-c3ccc(-c4nc(-c5ccccc5)nc(-c5ccc6c7ccccc7n(-c7cccc8oc9ccccc9c78)c6c5)n4)cc3)cc2)cc1. The normalized spacial score (nSPS) is 11.6. The first-order valence-electron chi connectivity index (χ1n) is 18.8. The minimum Gasteiger partial charge on any atom is -0.456 e. The molecule has 11 rings (SSSR count). The molecule has 0 bridgehead atoms. The quantitative estimate of drug-likeness (QED) is 0.172. The van der Waals surface area contributed by atoms with Gasteiger partial charge in [0.25, 0.3) is 0 Å². The number of hydrogen-bond acceptors (Lipinski definition) is 4. The summed E-state index contributed by atoms with van der Waals surface area (Å²) in [5.41, 5.74) is 12.4. The van der Waals surface area contributed by atoms with Crippen LogP contribution in [0.25, 0.3) is 106 Å². The maximum absolute atomic E-state index is 6.33. The van der Waals surface area contributed by atoms with Gasteiger partial charge in [-0.1, -0.05) is 164 Å². The maximum Gasteiger partial charge on any atom is 0.164 e. The molecule has 5 heteroatoms. The first-order valence-corrected chi connectivity index (χ1v) is 18.8. The number of hydrogen-bond donors (Lipinski definition) is 0. The van der Waals surface area contributed by atoms with E-state index in [4.69, 9.17) is 19.4 Å². The molecule has 56 heavy (non-hydrogen) atoms. The molecule has 0 saturated heterocycles. The number of aromatic nitrogens is 4. The molecule has 0 atom stereocenters. The highest BCUT2D eigenvalue weighted by Crippen LogP contribution is 2.40. The summed E-state index contributed by atoms with van der Waals surface area (Å²) < 4.78 is 8.68. The van der Waals surface area contributed by atoms with E-state index < -0.39 is 0 Å². The molecule has 8 aromatic carbocycles. The van der Waals surface area contributed by atoms with E-state index in [0.29, 0.717) is 17.5 Å². The van der Waals surface area contributed by atoms with Crippen molar-refractivity contribution >= 4 is 43.7 Å². The fraction of sp³-hybridized carbons (Fsp3) is 0. The monoisotopic (exact) mass is 716 g/mol. The lowest BCUT2D eigenvalue weighted by Crippen LogP contribution is -2.00. The first-order chi connectivity index (χ1) is 27.7. The topological polar surface area (TPSA) is 56.7 Å². The van der Waals surface area contributed by atoms with Crippen molar-refractivity contribution < 1.29 is 4.42 Å². The van der Waals surface area contributed by atoms with Gasteiger partial charge in [0.05, 0.1) is 22.1 Å². The van der Waals surface area contributed by atoms with Crippen LogP contribution in [0.4, 0.5) is 0 Å². The third kappa shape index (κ3) is 5.37. The van der Waals surface area contributed by atoms with Crippen LogP contribution < -0.4 is 0 Å². The van der Waals surface area contributed by atoms with E-state index in [9.17, 15) is 0 Å². The molecule has 0 radical (unpaired) electrons. The largest absolute Gasteiger partial charge is 0.456 e. The second-order valence-corrected chi connectivity index (χ2v) is 14.0. The van der Waals surface area contributed by atoms with Crippen molar-refractivity contribution in [3.8, 4) is 62.1 Å². The predicted molar refractivity (Wildman–Crippen MR) is 229 cm³/mol. The fourth-order valence-corrected chi connectivity index (χ4v) is 7.96. The fourth-order valence-electron chi connectivity index (χ4n) is 7.96. The molecule has 0 fully saturated rings. The van der Waals surface area contributed by atoms with Gasteiger partial charge in [0.15, 0.2) is 17.5 Å². The number of para-hydroxylation sites is 2. The van der Waals surface area contributed by atoms with Crippen LogP contribution >= 0.6 is 0 Å². The smallest absolute Gasteiger partial charge is 0.164 e. The average Bonchev–Trinajstić information content (AvgIpc) is 3.83. The molecule has 0 spiro atoms. The van der Waals surface area contributed by atoms with Crippen molar-refractivity contribution in [2.45, 2.75) is 0 Å². The van der Waals surface area contributed by atoms with E-state index in [2.05, 4.69) is 144 Å². The van der Waals surface area contributed by atoms with Crippen molar-refractivity contribution in [1.82, 2.24) is 19.5 Å². The molecular weight excluding hydrogens is 685 g/mol. The molecule has 0 unspecified atom stereocenters. The van der Waals surface area contributed by atoms with Crippen molar-refractivity contribution in [2.24, 2.45) is 0 Å². The summed E-state index contributed by atoms with van der Waals surface area (Å²) in [4.78, 5) is 15.3. The Morgan fingerprint density at radius 1 is 0.321 bits per heavy atom. The molecular formula is C51H32N4O. The van der Waals surface area contributed by atoms with Crippen LogP contribution in [0.5, 0.6) is 0 Å². The number of furan rings is 1. The number of rotatable bonds is 6. The lowest BCUT2D eigenvalue weighted by molar-refractivity contribution is 0.669. The van der Waals surface area contributed by atoms with Gasteiger partial charge in [0, 0.05) is 32.8 Å². The van der Waals surface area contributed by atoms with Crippen LogP contribution in [0.2, 0.25) is 0 Å². The van der Waals surface area contributed by atoms with Crippen LogP contribution in [0.15, 0.2) is 199 Å². The zero-order valence-electron chi connectivity index (χ0n) is 30.2. The summed E-state index contributed by atoms with van der Waals surface area (Å²) in [5, 5.41) is 4.50. The van der Waals surface area contributed by atoms with Gasteiger partial charge in [-0.3, -0.25) is 0 Å².